The number of hydrogen-bond acceptors (Lipinski definition) is 4. The summed E-state index contributed by atoms with van der Waals surface area (Å²) in [6, 6.07) is 14.8. The number of nitrogens with zero attached hydrogens (tertiary/aromatic N) is 2. The molecular weight excluding hydrogens is 491 g/mol. The van der Waals surface area contributed by atoms with E-state index in [0.717, 1.165) is 57.5 Å². The van der Waals surface area contributed by atoms with E-state index in [1.807, 2.05) is 6.07 Å². The maximum absolute atomic E-state index is 5.49. The highest BCUT2D eigenvalue weighted by atomic mass is 127. The molecule has 0 unspecified atom stereocenters. The summed E-state index contributed by atoms with van der Waals surface area (Å²) in [5, 5.41) is 6.85. The Morgan fingerprint density at radius 1 is 1.10 bits per heavy atom. The molecule has 1 aliphatic rings. The van der Waals surface area contributed by atoms with E-state index >= 15 is 0 Å². The molecule has 0 aliphatic carbocycles. The van der Waals surface area contributed by atoms with Crippen LogP contribution in [0.2, 0.25) is 0 Å². The van der Waals surface area contributed by atoms with Gasteiger partial charge in [0.2, 0.25) is 0 Å². The molecule has 30 heavy (non-hydrogen) atoms. The molecule has 2 aromatic carbocycles. The van der Waals surface area contributed by atoms with Crippen molar-refractivity contribution in [2.24, 2.45) is 4.99 Å². The van der Waals surface area contributed by atoms with Crippen LogP contribution < -0.4 is 20.3 Å². The Hall–Kier alpha value is -2.00. The van der Waals surface area contributed by atoms with Crippen molar-refractivity contribution < 1.29 is 9.47 Å². The first kappa shape index (κ1) is 24.3. The van der Waals surface area contributed by atoms with E-state index in [1.54, 1.807) is 14.2 Å². The molecule has 7 heteroatoms. The predicted octanol–water partition coefficient (Wildman–Crippen LogP) is 3.37. The molecular formula is C23H33IN4O2. The number of ether oxygens (including phenoxy) is 2. The van der Waals surface area contributed by atoms with Gasteiger partial charge in [-0.25, -0.2) is 0 Å². The van der Waals surface area contributed by atoms with Crippen LogP contribution in [0.25, 0.3) is 0 Å². The minimum Gasteiger partial charge on any atom is -0.496 e. The molecule has 0 saturated carbocycles. The number of nitrogens with one attached hydrogen (secondary N) is 2. The molecule has 0 radical (unpaired) electrons. The van der Waals surface area contributed by atoms with Crippen LogP contribution >= 0.6 is 24.0 Å². The van der Waals surface area contributed by atoms with Crippen LogP contribution in [0.4, 0.5) is 5.69 Å². The minimum atomic E-state index is 0. The maximum Gasteiger partial charge on any atom is 0.191 e. The second-order valence-electron chi connectivity index (χ2n) is 7.15. The smallest absolute Gasteiger partial charge is 0.191 e. The Labute approximate surface area is 197 Å². The Morgan fingerprint density at radius 2 is 1.87 bits per heavy atom. The third kappa shape index (κ3) is 6.77. The van der Waals surface area contributed by atoms with Gasteiger partial charge < -0.3 is 25.0 Å². The van der Waals surface area contributed by atoms with Crippen molar-refractivity contribution in [3.63, 3.8) is 0 Å². The van der Waals surface area contributed by atoms with Crippen molar-refractivity contribution in [3.8, 4) is 5.75 Å². The van der Waals surface area contributed by atoms with Gasteiger partial charge >= 0.3 is 0 Å². The van der Waals surface area contributed by atoms with Gasteiger partial charge in [0.05, 0.1) is 20.3 Å². The zero-order valence-corrected chi connectivity index (χ0v) is 20.4. The Balaban J connectivity index is 0.00000320. The fraction of sp³-hybridized carbons (Fsp3) is 0.435. The first-order chi connectivity index (χ1) is 14.2. The molecule has 1 heterocycles. The molecule has 3 rings (SSSR count). The van der Waals surface area contributed by atoms with Crippen LogP contribution in [0, 0.1) is 6.92 Å². The monoisotopic (exact) mass is 524 g/mol. The van der Waals surface area contributed by atoms with Crippen LogP contribution in [0.15, 0.2) is 47.5 Å². The summed E-state index contributed by atoms with van der Waals surface area (Å²) in [5.41, 5.74) is 4.97. The van der Waals surface area contributed by atoms with Crippen molar-refractivity contribution in [1.82, 2.24) is 10.6 Å². The third-order valence-electron chi connectivity index (χ3n) is 5.14. The van der Waals surface area contributed by atoms with Gasteiger partial charge in [-0.2, -0.15) is 0 Å². The van der Waals surface area contributed by atoms with E-state index < -0.39 is 0 Å². The van der Waals surface area contributed by atoms with Crippen LogP contribution in [0.1, 0.15) is 16.7 Å². The SMILES string of the molecule is CN=C(NCCc1cc(C)ccc1OC)NCc1ccccc1N1CCOCC1.I. The van der Waals surface area contributed by atoms with E-state index in [-0.39, 0.29) is 24.0 Å². The van der Waals surface area contributed by atoms with Gasteiger partial charge in [-0.15, -0.1) is 24.0 Å². The number of halogens is 1. The lowest BCUT2D eigenvalue weighted by Gasteiger charge is -2.30. The van der Waals surface area contributed by atoms with E-state index in [2.05, 4.69) is 63.8 Å². The Kier molecular flexibility index (Phi) is 10.2. The summed E-state index contributed by atoms with van der Waals surface area (Å²) >= 11 is 0. The first-order valence-electron chi connectivity index (χ1n) is 10.2. The Morgan fingerprint density at radius 3 is 2.60 bits per heavy atom. The van der Waals surface area contributed by atoms with Gasteiger partial charge in [0.25, 0.3) is 0 Å². The van der Waals surface area contributed by atoms with Crippen molar-refractivity contribution in [2.45, 2.75) is 19.9 Å². The van der Waals surface area contributed by atoms with Gasteiger partial charge in [0.1, 0.15) is 5.75 Å². The highest BCUT2D eigenvalue weighted by molar-refractivity contribution is 14.0. The zero-order valence-electron chi connectivity index (χ0n) is 18.1. The highest BCUT2D eigenvalue weighted by Gasteiger charge is 2.14. The summed E-state index contributed by atoms with van der Waals surface area (Å²) < 4.78 is 11.0. The number of methoxy groups -OCH3 is 1. The van der Waals surface area contributed by atoms with E-state index in [4.69, 9.17) is 9.47 Å². The molecule has 2 aromatic rings. The van der Waals surface area contributed by atoms with E-state index in [1.165, 1.54) is 22.4 Å². The van der Waals surface area contributed by atoms with Gasteiger partial charge in [-0.05, 0) is 36.6 Å². The number of aryl methyl sites for hydroxylation is 1. The fourth-order valence-electron chi connectivity index (χ4n) is 3.59. The molecule has 164 valence electrons. The molecule has 0 spiro atoms. The number of hydrogen-bond donors (Lipinski definition) is 2. The quantitative estimate of drug-likeness (QED) is 0.331. The third-order valence-corrected chi connectivity index (χ3v) is 5.14. The van der Waals surface area contributed by atoms with Crippen molar-refractivity contribution in [2.75, 3.05) is 51.9 Å². The number of rotatable bonds is 7. The molecule has 6 nitrogen and oxygen atoms in total. The fourth-order valence-corrected chi connectivity index (χ4v) is 3.59. The molecule has 1 saturated heterocycles. The summed E-state index contributed by atoms with van der Waals surface area (Å²) in [5.74, 6) is 1.73. The maximum atomic E-state index is 5.49. The number of benzene rings is 2. The van der Waals surface area contributed by atoms with Crippen molar-refractivity contribution >= 4 is 35.6 Å². The average Bonchev–Trinajstić information content (AvgIpc) is 2.77. The van der Waals surface area contributed by atoms with Gasteiger partial charge in [-0.1, -0.05) is 35.9 Å². The van der Waals surface area contributed by atoms with E-state index in [9.17, 15) is 0 Å². The molecule has 0 aromatic heterocycles. The summed E-state index contributed by atoms with van der Waals surface area (Å²) in [6.07, 6.45) is 0.871. The lowest BCUT2D eigenvalue weighted by atomic mass is 10.1. The lowest BCUT2D eigenvalue weighted by Crippen LogP contribution is -2.39. The standard InChI is InChI=1S/C23H32N4O2.HI/c1-18-8-9-22(28-3)19(16-18)10-11-25-23(24-2)26-17-20-6-4-5-7-21(20)27-12-14-29-15-13-27;/h4-9,16H,10-15,17H2,1-3H3,(H2,24,25,26);1H. The zero-order chi connectivity index (χ0) is 20.5. The second kappa shape index (κ2) is 12.6. The van der Waals surface area contributed by atoms with Crippen molar-refractivity contribution in [1.29, 1.82) is 0 Å². The second-order valence-corrected chi connectivity index (χ2v) is 7.15. The summed E-state index contributed by atoms with van der Waals surface area (Å²) in [4.78, 5) is 6.76. The topological polar surface area (TPSA) is 58.1 Å². The van der Waals surface area contributed by atoms with Gasteiger partial charge in [-0.3, -0.25) is 4.99 Å². The number of guanidine groups is 1. The van der Waals surface area contributed by atoms with E-state index in [0.29, 0.717) is 0 Å². The first-order valence-corrected chi connectivity index (χ1v) is 10.2. The molecule has 0 atom stereocenters. The average molecular weight is 524 g/mol. The minimum absolute atomic E-state index is 0. The number of aliphatic imine (C=N–C) groups is 1. The van der Waals surface area contributed by atoms with Crippen LogP contribution in [0.5, 0.6) is 5.75 Å². The number of para-hydroxylation sites is 1. The summed E-state index contributed by atoms with van der Waals surface area (Å²) in [7, 11) is 3.52. The van der Waals surface area contributed by atoms with Crippen LogP contribution in [-0.2, 0) is 17.7 Å². The molecule has 0 bridgehead atoms. The normalized spacial score (nSPS) is 14.1. The molecule has 2 N–H and O–H groups in total. The molecule has 1 aliphatic heterocycles. The number of morpholine rings is 1. The predicted molar refractivity (Wildman–Crippen MR) is 135 cm³/mol. The van der Waals surface area contributed by atoms with Crippen LogP contribution in [0.3, 0.4) is 0 Å². The Bertz CT molecular complexity index is 823. The lowest BCUT2D eigenvalue weighted by molar-refractivity contribution is 0.122. The van der Waals surface area contributed by atoms with Crippen molar-refractivity contribution in [3.05, 3.63) is 59.2 Å². The van der Waals surface area contributed by atoms with Gasteiger partial charge in [0.15, 0.2) is 5.96 Å². The largest absolute Gasteiger partial charge is 0.496 e. The molecule has 1 fully saturated rings. The van der Waals surface area contributed by atoms with Gasteiger partial charge in [0, 0.05) is 38.9 Å². The molecule has 0 amide bonds. The summed E-state index contributed by atoms with van der Waals surface area (Å²) in [6.45, 7) is 7.04. The van der Waals surface area contributed by atoms with Crippen LogP contribution in [-0.4, -0.2) is 53.0 Å². The number of anilines is 1. The highest BCUT2D eigenvalue weighted by Crippen LogP contribution is 2.21.